The van der Waals surface area contributed by atoms with Gasteiger partial charge in [0.1, 0.15) is 0 Å². The zero-order valence-corrected chi connectivity index (χ0v) is 13.5. The number of ether oxygens (including phenoxy) is 1. The van der Waals surface area contributed by atoms with E-state index in [4.69, 9.17) is 4.74 Å². The second-order valence-corrected chi connectivity index (χ2v) is 7.58. The highest BCUT2D eigenvalue weighted by Gasteiger charge is 2.36. The van der Waals surface area contributed by atoms with Crippen molar-refractivity contribution in [2.45, 2.75) is 57.7 Å². The van der Waals surface area contributed by atoms with Crippen LogP contribution in [0.25, 0.3) is 0 Å². The van der Waals surface area contributed by atoms with Crippen molar-refractivity contribution in [3.63, 3.8) is 0 Å². The lowest BCUT2D eigenvalue weighted by Crippen LogP contribution is -2.47. The molecule has 0 aromatic carbocycles. The van der Waals surface area contributed by atoms with E-state index in [-0.39, 0.29) is 18.1 Å². The molecule has 1 aliphatic heterocycles. The second-order valence-electron chi connectivity index (χ2n) is 6.26. The highest BCUT2D eigenvalue weighted by molar-refractivity contribution is 7.12. The van der Waals surface area contributed by atoms with Gasteiger partial charge >= 0.3 is 6.03 Å². The fraction of sp³-hybridized carbons (Fsp3) is 0.688. The van der Waals surface area contributed by atoms with Crippen LogP contribution in [0.5, 0.6) is 0 Å². The van der Waals surface area contributed by atoms with Crippen LogP contribution in [0.4, 0.5) is 4.79 Å². The Morgan fingerprint density at radius 3 is 2.86 bits per heavy atom. The Bertz CT molecular complexity index is 498. The Kier molecular flexibility index (Phi) is 4.50. The molecule has 1 aromatic rings. The molecule has 1 saturated carbocycles. The third-order valence-electron chi connectivity index (χ3n) is 4.33. The molecule has 3 rings (SSSR count). The van der Waals surface area contributed by atoms with E-state index in [9.17, 15) is 4.79 Å². The zero-order valence-electron chi connectivity index (χ0n) is 12.7. The molecule has 21 heavy (non-hydrogen) atoms. The van der Waals surface area contributed by atoms with Crippen molar-refractivity contribution in [1.82, 2.24) is 10.6 Å². The van der Waals surface area contributed by atoms with Gasteiger partial charge in [-0.25, -0.2) is 4.79 Å². The molecule has 0 radical (unpaired) electrons. The van der Waals surface area contributed by atoms with Crippen molar-refractivity contribution >= 4 is 17.4 Å². The average Bonchev–Trinajstić information content (AvgIpc) is 3.21. The van der Waals surface area contributed by atoms with Crippen LogP contribution in [0.1, 0.15) is 48.4 Å². The van der Waals surface area contributed by atoms with Gasteiger partial charge in [0, 0.05) is 22.4 Å². The van der Waals surface area contributed by atoms with Crippen molar-refractivity contribution in [2.24, 2.45) is 5.92 Å². The highest BCUT2D eigenvalue weighted by Crippen LogP contribution is 2.38. The predicted octanol–water partition coefficient (Wildman–Crippen LogP) is 3.37. The Balaban J connectivity index is 1.47. The molecule has 116 valence electrons. The van der Waals surface area contributed by atoms with Gasteiger partial charge < -0.3 is 15.4 Å². The summed E-state index contributed by atoms with van der Waals surface area (Å²) in [7, 11) is 0. The molecule has 2 N–H and O–H groups in total. The maximum absolute atomic E-state index is 12.1. The number of nitrogens with one attached hydrogen (secondary N) is 2. The standard InChI is InChI=1S/C16H24N2O2S/c1-10-3-6-15(21-10)11(2)17-16(19)18-13-7-8-20-14(9-13)12-4-5-12/h3,6,11-14H,4-5,7-9H2,1-2H3,(H2,17,18,19)/t11-,13+,14-/m0/s1. The SMILES string of the molecule is Cc1ccc([C@H](C)NC(=O)N[C@@H]2CCO[C@H](C3CC3)C2)s1. The van der Waals surface area contributed by atoms with Crippen molar-refractivity contribution in [3.05, 3.63) is 21.9 Å². The molecular weight excluding hydrogens is 284 g/mol. The summed E-state index contributed by atoms with van der Waals surface area (Å²) in [6.07, 6.45) is 4.83. The summed E-state index contributed by atoms with van der Waals surface area (Å²) < 4.78 is 5.80. The van der Waals surface area contributed by atoms with E-state index in [0.29, 0.717) is 6.10 Å². The van der Waals surface area contributed by atoms with Crippen molar-refractivity contribution in [1.29, 1.82) is 0 Å². The third-order valence-corrected chi connectivity index (χ3v) is 5.52. The summed E-state index contributed by atoms with van der Waals surface area (Å²) in [5, 5.41) is 6.15. The number of thiophene rings is 1. The molecule has 0 bridgehead atoms. The van der Waals surface area contributed by atoms with Gasteiger partial charge in [0.2, 0.25) is 0 Å². The van der Waals surface area contributed by atoms with Gasteiger partial charge in [-0.1, -0.05) is 0 Å². The minimum absolute atomic E-state index is 0.0581. The molecule has 1 saturated heterocycles. The quantitative estimate of drug-likeness (QED) is 0.896. The molecule has 5 heteroatoms. The van der Waals surface area contributed by atoms with Crippen LogP contribution in [-0.4, -0.2) is 24.8 Å². The van der Waals surface area contributed by atoms with Crippen molar-refractivity contribution in [2.75, 3.05) is 6.61 Å². The molecule has 4 nitrogen and oxygen atoms in total. The highest BCUT2D eigenvalue weighted by atomic mass is 32.1. The van der Waals surface area contributed by atoms with Gasteiger partial charge in [0.15, 0.2) is 0 Å². The summed E-state index contributed by atoms with van der Waals surface area (Å²) in [5.74, 6) is 0.741. The van der Waals surface area contributed by atoms with Crippen LogP contribution >= 0.6 is 11.3 Å². The van der Waals surface area contributed by atoms with Gasteiger partial charge in [-0.15, -0.1) is 11.3 Å². The molecule has 2 heterocycles. The summed E-state index contributed by atoms with van der Waals surface area (Å²) >= 11 is 1.73. The normalized spacial score (nSPS) is 27.1. The smallest absolute Gasteiger partial charge is 0.315 e. The predicted molar refractivity (Wildman–Crippen MR) is 84.6 cm³/mol. The lowest BCUT2D eigenvalue weighted by atomic mass is 10.0. The lowest BCUT2D eigenvalue weighted by Gasteiger charge is -2.30. The van der Waals surface area contributed by atoms with Crippen LogP contribution in [0.15, 0.2) is 12.1 Å². The molecule has 2 fully saturated rings. The first kappa shape index (κ1) is 14.9. The number of aryl methyl sites for hydroxylation is 1. The largest absolute Gasteiger partial charge is 0.378 e. The maximum Gasteiger partial charge on any atom is 0.315 e. The van der Waals surface area contributed by atoms with Gasteiger partial charge in [-0.3, -0.25) is 0 Å². The number of urea groups is 1. The van der Waals surface area contributed by atoms with E-state index in [1.165, 1.54) is 22.6 Å². The van der Waals surface area contributed by atoms with E-state index in [1.54, 1.807) is 11.3 Å². The van der Waals surface area contributed by atoms with E-state index >= 15 is 0 Å². The van der Waals surface area contributed by atoms with Gasteiger partial charge in [0.05, 0.1) is 12.1 Å². The van der Waals surface area contributed by atoms with Crippen LogP contribution in [0.2, 0.25) is 0 Å². The van der Waals surface area contributed by atoms with Gasteiger partial charge in [-0.05, 0) is 57.6 Å². The Morgan fingerprint density at radius 1 is 1.38 bits per heavy atom. The average molecular weight is 308 g/mol. The Morgan fingerprint density at radius 2 is 2.19 bits per heavy atom. The number of amides is 2. The molecule has 0 unspecified atom stereocenters. The molecule has 1 aromatic heterocycles. The Hall–Kier alpha value is -1.07. The molecular formula is C16H24N2O2S. The minimum atomic E-state index is -0.0602. The molecule has 2 amide bonds. The van der Waals surface area contributed by atoms with E-state index < -0.39 is 0 Å². The summed E-state index contributed by atoms with van der Waals surface area (Å²) in [6, 6.07) is 4.43. The number of hydrogen-bond acceptors (Lipinski definition) is 3. The first-order valence-electron chi connectivity index (χ1n) is 7.87. The van der Waals surface area contributed by atoms with Crippen LogP contribution in [-0.2, 0) is 4.74 Å². The third kappa shape index (κ3) is 3.98. The van der Waals surface area contributed by atoms with E-state index in [1.807, 2.05) is 6.92 Å². The number of hydrogen-bond donors (Lipinski definition) is 2. The number of carbonyl (C=O) groups excluding carboxylic acids is 1. The maximum atomic E-state index is 12.1. The summed E-state index contributed by atoms with van der Waals surface area (Å²) in [6.45, 7) is 4.88. The minimum Gasteiger partial charge on any atom is -0.378 e. The molecule has 2 aliphatic rings. The number of rotatable bonds is 4. The van der Waals surface area contributed by atoms with Crippen molar-refractivity contribution < 1.29 is 9.53 Å². The van der Waals surface area contributed by atoms with Crippen LogP contribution in [0.3, 0.4) is 0 Å². The molecule has 3 atom stereocenters. The topological polar surface area (TPSA) is 50.4 Å². The molecule has 1 aliphatic carbocycles. The zero-order chi connectivity index (χ0) is 14.8. The lowest BCUT2D eigenvalue weighted by molar-refractivity contribution is -0.00917. The molecule has 0 spiro atoms. The second kappa shape index (κ2) is 6.36. The monoisotopic (exact) mass is 308 g/mol. The van der Waals surface area contributed by atoms with Crippen molar-refractivity contribution in [3.8, 4) is 0 Å². The van der Waals surface area contributed by atoms with Gasteiger partial charge in [0.25, 0.3) is 0 Å². The fourth-order valence-corrected chi connectivity index (χ4v) is 3.82. The fourth-order valence-electron chi connectivity index (χ4n) is 2.94. The summed E-state index contributed by atoms with van der Waals surface area (Å²) in [5.41, 5.74) is 0. The van der Waals surface area contributed by atoms with E-state index in [2.05, 4.69) is 29.7 Å². The van der Waals surface area contributed by atoms with Crippen LogP contribution in [0, 0.1) is 12.8 Å². The van der Waals surface area contributed by atoms with Crippen LogP contribution < -0.4 is 10.6 Å². The Labute approximate surface area is 130 Å². The number of carbonyl (C=O) groups is 1. The first-order chi connectivity index (χ1) is 10.1. The summed E-state index contributed by atoms with van der Waals surface area (Å²) in [4.78, 5) is 14.6. The van der Waals surface area contributed by atoms with Gasteiger partial charge in [-0.2, -0.15) is 0 Å². The van der Waals surface area contributed by atoms with E-state index in [0.717, 1.165) is 25.4 Å². The first-order valence-corrected chi connectivity index (χ1v) is 8.68.